The molecule has 0 bridgehead atoms. The van der Waals surface area contributed by atoms with E-state index in [1.165, 1.54) is 11.3 Å². The van der Waals surface area contributed by atoms with Gasteiger partial charge in [0.2, 0.25) is 5.82 Å². The van der Waals surface area contributed by atoms with Crippen LogP contribution >= 0.6 is 11.3 Å². The number of hydrogen-bond donors (Lipinski definition) is 1. The van der Waals surface area contributed by atoms with Crippen molar-refractivity contribution in [3.63, 3.8) is 0 Å². The van der Waals surface area contributed by atoms with Crippen LogP contribution in [0, 0.1) is 6.92 Å². The molecular formula is C23H24F3N5O2S. The van der Waals surface area contributed by atoms with Crippen LogP contribution in [0.3, 0.4) is 0 Å². The monoisotopic (exact) mass is 491 g/mol. The van der Waals surface area contributed by atoms with Crippen molar-refractivity contribution in [1.82, 2.24) is 25.2 Å². The summed E-state index contributed by atoms with van der Waals surface area (Å²) in [5.41, 5.74) is 1.49. The summed E-state index contributed by atoms with van der Waals surface area (Å²) in [6.45, 7) is 5.35. The summed E-state index contributed by atoms with van der Waals surface area (Å²) in [5, 5.41) is 3.57. The molecule has 0 spiro atoms. The van der Waals surface area contributed by atoms with E-state index in [0.29, 0.717) is 16.9 Å². The highest BCUT2D eigenvalue weighted by Crippen LogP contribution is 2.31. The van der Waals surface area contributed by atoms with E-state index in [2.05, 4.69) is 25.2 Å². The predicted molar refractivity (Wildman–Crippen MR) is 122 cm³/mol. The van der Waals surface area contributed by atoms with E-state index >= 15 is 0 Å². The SMILES string of the molecule is Cc1cnc(-c2cc(O[C@H]3CCN(C)C3)cc(C(=O)NC(C)c3cnc(C(F)(F)F)nc3)c2)s1. The van der Waals surface area contributed by atoms with Crippen LogP contribution in [0.2, 0.25) is 0 Å². The summed E-state index contributed by atoms with van der Waals surface area (Å²) in [7, 11) is 2.03. The number of carbonyl (C=O) groups excluding carboxylic acids is 1. The molecule has 1 fully saturated rings. The van der Waals surface area contributed by atoms with Gasteiger partial charge in [-0.2, -0.15) is 13.2 Å². The molecule has 34 heavy (non-hydrogen) atoms. The number of halogens is 3. The normalized spacial score (nSPS) is 17.5. The molecule has 3 aromatic rings. The molecule has 1 aliphatic heterocycles. The van der Waals surface area contributed by atoms with Crippen LogP contribution in [0.5, 0.6) is 5.75 Å². The number of nitrogens with zero attached hydrogens (tertiary/aromatic N) is 4. The van der Waals surface area contributed by atoms with Crippen molar-refractivity contribution in [2.75, 3.05) is 20.1 Å². The standard InChI is InChI=1S/C23H24F3N5O2S/c1-13-9-27-21(34-13)16-6-15(7-19(8-16)33-18-4-5-31(3)12-18)20(32)30-14(2)17-10-28-22(29-11-17)23(24,25)26/h6-11,14,18H,4-5,12H2,1-3H3,(H,30,32)/t14?,18-/m0/s1. The number of nitrogens with one attached hydrogen (secondary N) is 1. The first-order valence-electron chi connectivity index (χ1n) is 10.7. The van der Waals surface area contributed by atoms with Crippen molar-refractivity contribution < 1.29 is 22.7 Å². The van der Waals surface area contributed by atoms with Gasteiger partial charge in [0.05, 0.1) is 6.04 Å². The lowest BCUT2D eigenvalue weighted by molar-refractivity contribution is -0.145. The Bertz CT molecular complexity index is 1170. The molecule has 1 N–H and O–H groups in total. The van der Waals surface area contributed by atoms with Crippen molar-refractivity contribution in [2.24, 2.45) is 0 Å². The molecule has 1 saturated heterocycles. The van der Waals surface area contributed by atoms with Crippen molar-refractivity contribution in [3.05, 3.63) is 58.6 Å². The molecule has 0 radical (unpaired) electrons. The number of amides is 1. The van der Waals surface area contributed by atoms with Gasteiger partial charge in [-0.3, -0.25) is 4.79 Å². The maximum Gasteiger partial charge on any atom is 0.451 e. The third-order valence-electron chi connectivity index (χ3n) is 5.46. The molecule has 2 atom stereocenters. The molecule has 4 rings (SSSR count). The van der Waals surface area contributed by atoms with Gasteiger partial charge in [-0.25, -0.2) is 15.0 Å². The number of hydrogen-bond acceptors (Lipinski definition) is 7. The molecule has 1 aromatic carbocycles. The van der Waals surface area contributed by atoms with E-state index in [-0.39, 0.29) is 6.10 Å². The van der Waals surface area contributed by atoms with E-state index in [9.17, 15) is 18.0 Å². The zero-order valence-electron chi connectivity index (χ0n) is 18.9. The first-order valence-corrected chi connectivity index (χ1v) is 11.5. The molecule has 1 aliphatic rings. The molecule has 1 unspecified atom stereocenters. The number of alkyl halides is 3. The minimum absolute atomic E-state index is 0.0254. The van der Waals surface area contributed by atoms with Gasteiger partial charge >= 0.3 is 6.18 Å². The Hall–Kier alpha value is -3.05. The fourth-order valence-corrected chi connectivity index (χ4v) is 4.42. The van der Waals surface area contributed by atoms with E-state index in [1.807, 2.05) is 20.0 Å². The second-order valence-electron chi connectivity index (χ2n) is 8.35. The zero-order chi connectivity index (χ0) is 24.5. The number of ether oxygens (including phenoxy) is 1. The number of carbonyl (C=O) groups is 1. The quantitative estimate of drug-likeness (QED) is 0.547. The minimum Gasteiger partial charge on any atom is -0.489 e. The highest BCUT2D eigenvalue weighted by molar-refractivity contribution is 7.14. The largest absolute Gasteiger partial charge is 0.489 e. The number of benzene rings is 1. The molecule has 0 aliphatic carbocycles. The third kappa shape index (κ3) is 5.71. The predicted octanol–water partition coefficient (Wildman–Crippen LogP) is 4.50. The van der Waals surface area contributed by atoms with Crippen LogP contribution in [0.1, 0.15) is 46.0 Å². The average Bonchev–Trinajstić information content (AvgIpc) is 3.40. The summed E-state index contributed by atoms with van der Waals surface area (Å²) in [6, 6.07) is 4.68. The van der Waals surface area contributed by atoms with Gasteiger partial charge in [0.25, 0.3) is 5.91 Å². The Morgan fingerprint density at radius 3 is 2.53 bits per heavy atom. The van der Waals surface area contributed by atoms with Crippen LogP contribution in [-0.4, -0.2) is 52.0 Å². The molecule has 0 saturated carbocycles. The lowest BCUT2D eigenvalue weighted by atomic mass is 10.1. The minimum atomic E-state index is -4.62. The molecule has 7 nitrogen and oxygen atoms in total. The Morgan fingerprint density at radius 2 is 1.94 bits per heavy atom. The average molecular weight is 492 g/mol. The van der Waals surface area contributed by atoms with Crippen LogP contribution in [-0.2, 0) is 6.18 Å². The second kappa shape index (κ2) is 9.67. The fourth-order valence-electron chi connectivity index (χ4n) is 3.66. The van der Waals surface area contributed by atoms with Gasteiger partial charge in [0.15, 0.2) is 0 Å². The number of likely N-dealkylation sites (N-methyl/N-ethyl adjacent to an activating group) is 1. The number of likely N-dealkylation sites (tertiary alicyclic amines) is 1. The number of aromatic nitrogens is 3. The van der Waals surface area contributed by atoms with Crippen LogP contribution in [0.15, 0.2) is 36.8 Å². The van der Waals surface area contributed by atoms with Crippen molar-refractivity contribution >= 4 is 17.2 Å². The number of thiazole rings is 1. The molecule has 1 amide bonds. The zero-order valence-corrected chi connectivity index (χ0v) is 19.7. The second-order valence-corrected chi connectivity index (χ2v) is 9.58. The topological polar surface area (TPSA) is 80.2 Å². The van der Waals surface area contributed by atoms with Crippen molar-refractivity contribution in [2.45, 2.75) is 38.6 Å². The lowest BCUT2D eigenvalue weighted by Crippen LogP contribution is -2.27. The smallest absolute Gasteiger partial charge is 0.451 e. The van der Waals surface area contributed by atoms with Crippen LogP contribution in [0.25, 0.3) is 10.6 Å². The first kappa shape index (κ1) is 24.1. The van der Waals surface area contributed by atoms with Gasteiger partial charge in [-0.1, -0.05) is 0 Å². The summed E-state index contributed by atoms with van der Waals surface area (Å²) < 4.78 is 44.3. The molecule has 180 valence electrons. The Balaban J connectivity index is 1.56. The fraction of sp³-hybridized carbons (Fsp3) is 0.391. The Morgan fingerprint density at radius 1 is 1.21 bits per heavy atom. The number of aryl methyl sites for hydroxylation is 1. The van der Waals surface area contributed by atoms with Gasteiger partial charge in [0.1, 0.15) is 16.9 Å². The van der Waals surface area contributed by atoms with Crippen LogP contribution < -0.4 is 10.1 Å². The molecule has 2 aromatic heterocycles. The van der Waals surface area contributed by atoms with Gasteiger partial charge in [0, 0.05) is 53.2 Å². The number of rotatable bonds is 6. The summed E-state index contributed by atoms with van der Waals surface area (Å²) >= 11 is 1.51. The van der Waals surface area contributed by atoms with E-state index in [4.69, 9.17) is 4.74 Å². The van der Waals surface area contributed by atoms with Crippen molar-refractivity contribution in [3.8, 4) is 16.3 Å². The third-order valence-corrected chi connectivity index (χ3v) is 6.42. The molecule has 3 heterocycles. The summed E-state index contributed by atoms with van der Waals surface area (Å²) in [6.07, 6.45) is 0.207. The highest BCUT2D eigenvalue weighted by atomic mass is 32.1. The van der Waals surface area contributed by atoms with Crippen LogP contribution in [0.4, 0.5) is 13.2 Å². The van der Waals surface area contributed by atoms with Crippen molar-refractivity contribution in [1.29, 1.82) is 0 Å². The first-order chi connectivity index (χ1) is 16.1. The van der Waals surface area contributed by atoms with Gasteiger partial charge in [-0.05, 0) is 45.5 Å². The van der Waals surface area contributed by atoms with E-state index in [0.717, 1.165) is 47.4 Å². The van der Waals surface area contributed by atoms with E-state index in [1.54, 1.807) is 25.3 Å². The van der Waals surface area contributed by atoms with Gasteiger partial charge in [-0.15, -0.1) is 11.3 Å². The van der Waals surface area contributed by atoms with Gasteiger partial charge < -0.3 is 15.0 Å². The summed E-state index contributed by atoms with van der Waals surface area (Å²) in [5.74, 6) is -1.04. The van der Waals surface area contributed by atoms with E-state index < -0.39 is 23.9 Å². The maximum absolute atomic E-state index is 13.1. The summed E-state index contributed by atoms with van der Waals surface area (Å²) in [4.78, 5) is 27.5. The lowest BCUT2D eigenvalue weighted by Gasteiger charge is -2.17. The molecule has 11 heteroatoms. The maximum atomic E-state index is 13.1. The Labute approximate surface area is 199 Å². The highest BCUT2D eigenvalue weighted by Gasteiger charge is 2.34. The molecular weight excluding hydrogens is 467 g/mol. The Kier molecular flexibility index (Phi) is 6.85.